The van der Waals surface area contributed by atoms with Gasteiger partial charge in [-0.05, 0) is 36.6 Å². The molecule has 0 spiro atoms. The standard InChI is InChI=1S/C14H14N2O4S/c1-2-20-14(19)9-5-6-21-13(9)16-12(18)8-3-4-10(15)11(17)7-8/h3-7,17H,2,15H2,1H3,(H,16,18). The molecule has 6 nitrogen and oxygen atoms in total. The van der Waals surface area contributed by atoms with E-state index in [1.165, 1.54) is 29.5 Å². The molecule has 2 aromatic rings. The molecular formula is C14H14N2O4S. The largest absolute Gasteiger partial charge is 0.506 e. The first-order valence-electron chi connectivity index (χ1n) is 6.17. The number of hydrogen-bond donors (Lipinski definition) is 3. The van der Waals surface area contributed by atoms with Gasteiger partial charge in [0.2, 0.25) is 0 Å². The molecule has 1 aromatic carbocycles. The Labute approximate surface area is 125 Å². The number of phenolic OH excluding ortho intramolecular Hbond substituents is 1. The number of aromatic hydroxyl groups is 1. The molecule has 0 saturated carbocycles. The number of carbonyl (C=O) groups excluding carboxylic acids is 2. The summed E-state index contributed by atoms with van der Waals surface area (Å²) >= 11 is 1.21. The lowest BCUT2D eigenvalue weighted by Gasteiger charge is -2.07. The molecule has 4 N–H and O–H groups in total. The zero-order chi connectivity index (χ0) is 15.4. The molecule has 21 heavy (non-hydrogen) atoms. The van der Waals surface area contributed by atoms with Crippen molar-refractivity contribution in [3.05, 3.63) is 40.8 Å². The third-order valence-electron chi connectivity index (χ3n) is 2.68. The summed E-state index contributed by atoms with van der Waals surface area (Å²) in [6.45, 7) is 1.97. The zero-order valence-corrected chi connectivity index (χ0v) is 12.1. The molecule has 1 amide bonds. The Morgan fingerprint density at radius 2 is 2.14 bits per heavy atom. The second-order valence-electron chi connectivity index (χ2n) is 4.11. The fraction of sp³-hybridized carbons (Fsp3) is 0.143. The van der Waals surface area contributed by atoms with E-state index in [1.54, 1.807) is 18.4 Å². The molecule has 0 saturated heterocycles. The van der Waals surface area contributed by atoms with Gasteiger partial charge in [-0.15, -0.1) is 11.3 Å². The molecule has 0 aliphatic rings. The van der Waals surface area contributed by atoms with Crippen LogP contribution in [0, 0.1) is 0 Å². The lowest BCUT2D eigenvalue weighted by atomic mass is 10.2. The van der Waals surface area contributed by atoms with Gasteiger partial charge in [-0.25, -0.2) is 4.79 Å². The summed E-state index contributed by atoms with van der Waals surface area (Å²) in [5, 5.41) is 14.2. The maximum Gasteiger partial charge on any atom is 0.341 e. The van der Waals surface area contributed by atoms with Crippen LogP contribution in [0.2, 0.25) is 0 Å². The van der Waals surface area contributed by atoms with Crippen LogP contribution in [0.1, 0.15) is 27.6 Å². The van der Waals surface area contributed by atoms with Crippen LogP contribution in [0.25, 0.3) is 0 Å². The first-order chi connectivity index (χ1) is 10.0. The quantitative estimate of drug-likeness (QED) is 0.457. The average molecular weight is 306 g/mol. The second-order valence-corrected chi connectivity index (χ2v) is 5.03. The molecule has 1 heterocycles. The van der Waals surface area contributed by atoms with E-state index in [9.17, 15) is 14.7 Å². The number of carbonyl (C=O) groups is 2. The van der Waals surface area contributed by atoms with Crippen molar-refractivity contribution in [2.75, 3.05) is 17.7 Å². The van der Waals surface area contributed by atoms with Crippen LogP contribution < -0.4 is 11.1 Å². The number of nitrogens with two attached hydrogens (primary N) is 1. The van der Waals surface area contributed by atoms with Crippen LogP contribution in [0.3, 0.4) is 0 Å². The van der Waals surface area contributed by atoms with E-state index in [4.69, 9.17) is 10.5 Å². The first-order valence-corrected chi connectivity index (χ1v) is 7.05. The lowest BCUT2D eigenvalue weighted by molar-refractivity contribution is 0.0528. The van der Waals surface area contributed by atoms with Gasteiger partial charge in [-0.2, -0.15) is 0 Å². The van der Waals surface area contributed by atoms with Crippen molar-refractivity contribution < 1.29 is 19.4 Å². The molecule has 2 rings (SSSR count). The van der Waals surface area contributed by atoms with Crippen LogP contribution in [-0.2, 0) is 4.74 Å². The first kappa shape index (κ1) is 14.9. The summed E-state index contributed by atoms with van der Waals surface area (Å²) in [4.78, 5) is 23.8. The molecule has 1 aromatic heterocycles. The van der Waals surface area contributed by atoms with Gasteiger partial charge in [-0.3, -0.25) is 4.79 Å². The highest BCUT2D eigenvalue weighted by molar-refractivity contribution is 7.14. The van der Waals surface area contributed by atoms with Crippen molar-refractivity contribution in [3.63, 3.8) is 0 Å². The number of thiophene rings is 1. The van der Waals surface area contributed by atoms with E-state index in [0.717, 1.165) is 0 Å². The van der Waals surface area contributed by atoms with Crippen molar-refractivity contribution in [2.45, 2.75) is 6.92 Å². The number of ether oxygens (including phenoxy) is 1. The van der Waals surface area contributed by atoms with Gasteiger partial charge >= 0.3 is 5.97 Å². The third kappa shape index (κ3) is 3.32. The zero-order valence-electron chi connectivity index (χ0n) is 11.3. The highest BCUT2D eigenvalue weighted by Gasteiger charge is 2.17. The maximum absolute atomic E-state index is 12.1. The summed E-state index contributed by atoms with van der Waals surface area (Å²) in [7, 11) is 0. The minimum absolute atomic E-state index is 0.167. The van der Waals surface area contributed by atoms with Gasteiger partial charge in [0.05, 0.1) is 17.9 Å². The molecule has 0 aliphatic carbocycles. The molecule has 0 fully saturated rings. The Balaban J connectivity index is 2.18. The Bertz CT molecular complexity index is 681. The normalized spacial score (nSPS) is 10.1. The Morgan fingerprint density at radius 1 is 1.38 bits per heavy atom. The number of rotatable bonds is 4. The van der Waals surface area contributed by atoms with Crippen LogP contribution in [0.15, 0.2) is 29.6 Å². The van der Waals surface area contributed by atoms with Crippen LogP contribution in [0.5, 0.6) is 5.75 Å². The summed E-state index contributed by atoms with van der Waals surface area (Å²) in [5.74, 6) is -1.10. The van der Waals surface area contributed by atoms with E-state index >= 15 is 0 Å². The summed E-state index contributed by atoms with van der Waals surface area (Å²) in [5.41, 5.74) is 6.21. The number of anilines is 2. The van der Waals surface area contributed by atoms with Gasteiger partial charge in [0.25, 0.3) is 5.91 Å². The maximum atomic E-state index is 12.1. The smallest absolute Gasteiger partial charge is 0.341 e. The third-order valence-corrected chi connectivity index (χ3v) is 3.51. The van der Waals surface area contributed by atoms with Gasteiger partial charge in [0.15, 0.2) is 0 Å². The van der Waals surface area contributed by atoms with Crippen LogP contribution in [-0.4, -0.2) is 23.6 Å². The van der Waals surface area contributed by atoms with Gasteiger partial charge < -0.3 is 20.9 Å². The molecule has 7 heteroatoms. The molecule has 0 radical (unpaired) electrons. The van der Waals surface area contributed by atoms with E-state index in [-0.39, 0.29) is 23.6 Å². The van der Waals surface area contributed by atoms with Crippen LogP contribution >= 0.6 is 11.3 Å². The summed E-state index contributed by atoms with van der Waals surface area (Å²) < 4.78 is 4.91. The number of esters is 1. The Kier molecular flexibility index (Phi) is 4.44. The number of hydrogen-bond acceptors (Lipinski definition) is 6. The predicted octanol–water partition coefficient (Wildman–Crippen LogP) is 2.46. The topological polar surface area (TPSA) is 102 Å². The number of nitrogens with one attached hydrogen (secondary N) is 1. The minimum atomic E-state index is -0.491. The second kappa shape index (κ2) is 6.27. The average Bonchev–Trinajstić information content (AvgIpc) is 2.90. The number of nitrogen functional groups attached to an aromatic ring is 1. The Morgan fingerprint density at radius 3 is 2.81 bits per heavy atom. The van der Waals surface area contributed by atoms with Crippen molar-refractivity contribution in [2.24, 2.45) is 0 Å². The van der Waals surface area contributed by atoms with Gasteiger partial charge in [-0.1, -0.05) is 0 Å². The van der Waals surface area contributed by atoms with Crippen molar-refractivity contribution in [1.29, 1.82) is 0 Å². The molecule has 0 bridgehead atoms. The highest BCUT2D eigenvalue weighted by atomic mass is 32.1. The molecule has 110 valence electrons. The summed E-state index contributed by atoms with van der Waals surface area (Å²) in [6, 6.07) is 5.77. The number of benzene rings is 1. The van der Waals surface area contributed by atoms with Crippen molar-refractivity contribution in [3.8, 4) is 5.75 Å². The molecule has 0 aliphatic heterocycles. The van der Waals surface area contributed by atoms with E-state index < -0.39 is 11.9 Å². The fourth-order valence-electron chi connectivity index (χ4n) is 1.64. The number of phenols is 1. The highest BCUT2D eigenvalue weighted by Crippen LogP contribution is 2.26. The van der Waals surface area contributed by atoms with E-state index in [0.29, 0.717) is 10.6 Å². The molecule has 0 atom stereocenters. The lowest BCUT2D eigenvalue weighted by Crippen LogP contribution is -2.14. The van der Waals surface area contributed by atoms with E-state index in [2.05, 4.69) is 5.32 Å². The van der Waals surface area contributed by atoms with Crippen LogP contribution in [0.4, 0.5) is 10.7 Å². The van der Waals surface area contributed by atoms with Crippen molar-refractivity contribution in [1.82, 2.24) is 0 Å². The SMILES string of the molecule is CCOC(=O)c1ccsc1NC(=O)c1ccc(N)c(O)c1. The summed E-state index contributed by atoms with van der Waals surface area (Å²) in [6.07, 6.45) is 0. The van der Waals surface area contributed by atoms with Gasteiger partial charge in [0.1, 0.15) is 10.8 Å². The molecule has 0 unspecified atom stereocenters. The Hall–Kier alpha value is -2.54. The minimum Gasteiger partial charge on any atom is -0.506 e. The molecular weight excluding hydrogens is 292 g/mol. The predicted molar refractivity (Wildman–Crippen MR) is 80.7 cm³/mol. The van der Waals surface area contributed by atoms with Crippen molar-refractivity contribution >= 4 is 33.9 Å². The number of amides is 1. The van der Waals surface area contributed by atoms with Gasteiger partial charge in [0, 0.05) is 5.56 Å². The monoisotopic (exact) mass is 306 g/mol. The fourth-order valence-corrected chi connectivity index (χ4v) is 2.41. The van der Waals surface area contributed by atoms with E-state index in [1.807, 2.05) is 0 Å².